The number of carbonyl (C=O) groups is 1. The van der Waals surface area contributed by atoms with E-state index in [2.05, 4.69) is 0 Å². The lowest BCUT2D eigenvalue weighted by Crippen LogP contribution is -2.12. The summed E-state index contributed by atoms with van der Waals surface area (Å²) in [5, 5.41) is 8.30. The Bertz CT molecular complexity index is 388. The van der Waals surface area contributed by atoms with E-state index in [1.807, 2.05) is 6.07 Å². The molecule has 0 unspecified atom stereocenters. The lowest BCUT2D eigenvalue weighted by molar-refractivity contribution is 0.1000. The summed E-state index contributed by atoms with van der Waals surface area (Å²) in [6.45, 7) is 0. The first-order valence-corrected chi connectivity index (χ1v) is 3.70. The number of benzene rings is 1. The van der Waals surface area contributed by atoms with Crippen molar-refractivity contribution in [2.45, 2.75) is 0 Å². The Morgan fingerprint density at radius 2 is 2.15 bits per heavy atom. The lowest BCUT2D eigenvalue weighted by atomic mass is 10.1. The van der Waals surface area contributed by atoms with Crippen LogP contribution in [0.25, 0.3) is 6.08 Å². The molecule has 0 aliphatic carbocycles. The maximum atomic E-state index is 10.9. The number of hydrogen-bond acceptors (Lipinski definition) is 2. The Morgan fingerprint density at radius 3 is 2.77 bits per heavy atom. The summed E-state index contributed by atoms with van der Waals surface area (Å²) < 4.78 is 0. The molecule has 0 aliphatic heterocycles. The van der Waals surface area contributed by atoms with Crippen molar-refractivity contribution in [3.63, 3.8) is 0 Å². The van der Waals surface area contributed by atoms with Gasteiger partial charge in [-0.05, 0) is 17.7 Å². The minimum atomic E-state index is -0.488. The maximum Gasteiger partial charge on any atom is 0.249 e. The van der Waals surface area contributed by atoms with E-state index in [4.69, 9.17) is 11.0 Å². The number of nitriles is 1. The molecule has 0 radical (unpaired) electrons. The van der Waals surface area contributed by atoms with Crippen molar-refractivity contribution in [2.75, 3.05) is 0 Å². The summed E-state index contributed by atoms with van der Waals surface area (Å²) in [5.41, 5.74) is 6.22. The number of carbonyl (C=O) groups excluding carboxylic acids is 1. The second-order valence-electron chi connectivity index (χ2n) is 2.41. The van der Waals surface area contributed by atoms with Gasteiger partial charge in [-0.1, -0.05) is 18.2 Å². The largest absolute Gasteiger partial charge is 0.366 e. The first-order valence-electron chi connectivity index (χ1n) is 3.70. The third kappa shape index (κ3) is 2.17. The maximum absolute atomic E-state index is 10.9. The van der Waals surface area contributed by atoms with Crippen LogP contribution in [0.1, 0.15) is 15.9 Å². The van der Waals surface area contributed by atoms with Crippen LogP contribution in [-0.2, 0) is 0 Å². The van der Waals surface area contributed by atoms with E-state index in [1.165, 1.54) is 6.08 Å². The summed E-state index contributed by atoms with van der Waals surface area (Å²) in [5.74, 6) is -0.488. The van der Waals surface area contributed by atoms with E-state index < -0.39 is 5.91 Å². The Morgan fingerprint density at radius 1 is 1.46 bits per heavy atom. The highest BCUT2D eigenvalue weighted by Gasteiger charge is 2.02. The van der Waals surface area contributed by atoms with Gasteiger partial charge in [0.25, 0.3) is 0 Å². The van der Waals surface area contributed by atoms with Crippen LogP contribution in [0.4, 0.5) is 0 Å². The standard InChI is InChI=1S/C10H8N2O/c11-7-3-5-8-4-1-2-6-9(8)10(12)13/h1-6H,(H2,12,13)/b5-3-. The smallest absolute Gasteiger partial charge is 0.249 e. The van der Waals surface area contributed by atoms with Gasteiger partial charge in [0.15, 0.2) is 0 Å². The third-order valence-electron chi connectivity index (χ3n) is 1.56. The first kappa shape index (κ1) is 9.01. The molecule has 0 saturated heterocycles. The minimum absolute atomic E-state index is 0.425. The van der Waals surface area contributed by atoms with Crippen LogP contribution in [0.2, 0.25) is 0 Å². The molecule has 1 aromatic rings. The molecule has 3 nitrogen and oxygen atoms in total. The summed E-state index contributed by atoms with van der Waals surface area (Å²) >= 11 is 0. The van der Waals surface area contributed by atoms with Crippen molar-refractivity contribution in [1.29, 1.82) is 5.26 Å². The fourth-order valence-electron chi connectivity index (χ4n) is 0.994. The van der Waals surface area contributed by atoms with Gasteiger partial charge in [0.05, 0.1) is 6.07 Å². The van der Waals surface area contributed by atoms with Crippen molar-refractivity contribution < 1.29 is 4.79 Å². The van der Waals surface area contributed by atoms with E-state index in [1.54, 1.807) is 30.3 Å². The summed E-state index contributed by atoms with van der Waals surface area (Å²) in [7, 11) is 0. The van der Waals surface area contributed by atoms with Crippen molar-refractivity contribution in [1.82, 2.24) is 0 Å². The van der Waals surface area contributed by atoms with Crippen molar-refractivity contribution in [3.05, 3.63) is 41.5 Å². The van der Waals surface area contributed by atoms with E-state index in [-0.39, 0.29) is 0 Å². The Hall–Kier alpha value is -2.08. The van der Waals surface area contributed by atoms with E-state index in [0.29, 0.717) is 11.1 Å². The predicted octanol–water partition coefficient (Wildman–Crippen LogP) is 1.32. The van der Waals surface area contributed by atoms with Gasteiger partial charge in [0, 0.05) is 11.6 Å². The number of allylic oxidation sites excluding steroid dienone is 1. The van der Waals surface area contributed by atoms with Crippen LogP contribution in [0.15, 0.2) is 30.3 Å². The normalized spacial score (nSPS) is 9.77. The SMILES string of the molecule is N#C/C=C\c1ccccc1C(N)=O. The quantitative estimate of drug-likeness (QED) is 0.683. The zero-order chi connectivity index (χ0) is 9.68. The molecule has 1 amide bonds. The zero-order valence-corrected chi connectivity index (χ0v) is 6.90. The van der Waals surface area contributed by atoms with E-state index in [0.717, 1.165) is 0 Å². The minimum Gasteiger partial charge on any atom is -0.366 e. The Kier molecular flexibility index (Phi) is 2.82. The molecule has 0 saturated carbocycles. The average Bonchev–Trinajstić information content (AvgIpc) is 2.15. The van der Waals surface area contributed by atoms with Gasteiger partial charge >= 0.3 is 0 Å². The van der Waals surface area contributed by atoms with E-state index in [9.17, 15) is 4.79 Å². The molecule has 13 heavy (non-hydrogen) atoms. The monoisotopic (exact) mass is 172 g/mol. The van der Waals surface area contributed by atoms with E-state index >= 15 is 0 Å². The molecule has 0 aliphatic rings. The second-order valence-corrected chi connectivity index (χ2v) is 2.41. The zero-order valence-electron chi connectivity index (χ0n) is 6.90. The molecule has 3 heteroatoms. The second kappa shape index (κ2) is 4.07. The van der Waals surface area contributed by atoms with Crippen molar-refractivity contribution in [3.8, 4) is 6.07 Å². The number of nitrogens with two attached hydrogens (primary N) is 1. The van der Waals surface area contributed by atoms with Gasteiger partial charge < -0.3 is 5.73 Å². The van der Waals surface area contributed by atoms with Crippen LogP contribution in [0.5, 0.6) is 0 Å². The summed E-state index contributed by atoms with van der Waals surface area (Å²) in [6, 6.07) is 8.71. The fraction of sp³-hybridized carbons (Fsp3) is 0. The number of amides is 1. The fourth-order valence-corrected chi connectivity index (χ4v) is 0.994. The molecule has 0 aromatic heterocycles. The number of nitrogens with zero attached hydrogens (tertiary/aromatic N) is 1. The Balaban J connectivity index is 3.14. The molecule has 1 rings (SSSR count). The van der Waals surface area contributed by atoms with Gasteiger partial charge in [-0.15, -0.1) is 0 Å². The van der Waals surface area contributed by atoms with Gasteiger partial charge in [-0.2, -0.15) is 5.26 Å². The topological polar surface area (TPSA) is 66.9 Å². The third-order valence-corrected chi connectivity index (χ3v) is 1.56. The molecule has 0 atom stereocenters. The van der Waals surface area contributed by atoms with Crippen LogP contribution in [0.3, 0.4) is 0 Å². The number of primary amides is 1. The van der Waals surface area contributed by atoms with Crippen LogP contribution in [-0.4, -0.2) is 5.91 Å². The predicted molar refractivity (Wildman–Crippen MR) is 49.6 cm³/mol. The highest BCUT2D eigenvalue weighted by Crippen LogP contribution is 2.09. The van der Waals surface area contributed by atoms with Crippen molar-refractivity contribution in [2.24, 2.45) is 5.73 Å². The molecule has 64 valence electrons. The van der Waals surface area contributed by atoms with Gasteiger partial charge in [0.2, 0.25) is 5.91 Å². The molecule has 0 bridgehead atoms. The van der Waals surface area contributed by atoms with Crippen molar-refractivity contribution >= 4 is 12.0 Å². The van der Waals surface area contributed by atoms with Crippen LogP contribution < -0.4 is 5.73 Å². The lowest BCUT2D eigenvalue weighted by Gasteiger charge is -1.99. The summed E-state index contributed by atoms with van der Waals surface area (Å²) in [4.78, 5) is 10.9. The first-order chi connectivity index (χ1) is 6.25. The number of rotatable bonds is 2. The van der Waals surface area contributed by atoms with Gasteiger partial charge in [0.1, 0.15) is 0 Å². The summed E-state index contributed by atoms with van der Waals surface area (Å²) in [6.07, 6.45) is 2.86. The van der Waals surface area contributed by atoms with Crippen LogP contribution in [0, 0.1) is 11.3 Å². The molecular weight excluding hydrogens is 164 g/mol. The highest BCUT2D eigenvalue weighted by molar-refractivity contribution is 5.96. The molecule has 0 fully saturated rings. The highest BCUT2D eigenvalue weighted by atomic mass is 16.1. The Labute approximate surface area is 76.1 Å². The molecule has 0 spiro atoms. The van der Waals surface area contributed by atoms with Gasteiger partial charge in [-0.3, -0.25) is 4.79 Å². The molecular formula is C10H8N2O. The van der Waals surface area contributed by atoms with Gasteiger partial charge in [-0.25, -0.2) is 0 Å². The average molecular weight is 172 g/mol. The molecule has 2 N–H and O–H groups in total. The number of hydrogen-bond donors (Lipinski definition) is 1. The molecule has 1 aromatic carbocycles. The molecule has 0 heterocycles. The van der Waals surface area contributed by atoms with Crippen LogP contribution >= 0.6 is 0 Å².